The van der Waals surface area contributed by atoms with Crippen LogP contribution in [0.5, 0.6) is 0 Å². The minimum atomic E-state index is -3.43. The normalized spacial score (nSPS) is 11.6. The maximum Gasteiger partial charge on any atom is 0.322 e. The van der Waals surface area contributed by atoms with Gasteiger partial charge in [0.1, 0.15) is 0 Å². The lowest BCUT2D eigenvalue weighted by molar-refractivity contribution is -0.113. The number of hydrogen-bond donors (Lipinski definition) is 1. The first-order valence-corrected chi connectivity index (χ1v) is 11.5. The predicted molar refractivity (Wildman–Crippen MR) is 113 cm³/mol. The Kier molecular flexibility index (Phi) is 6.61. The molecule has 0 aliphatic carbocycles. The van der Waals surface area contributed by atoms with Gasteiger partial charge in [-0.25, -0.2) is 8.42 Å². The van der Waals surface area contributed by atoms with Crippen LogP contribution >= 0.6 is 23.4 Å². The average Bonchev–Trinajstić information content (AvgIpc) is 3.16. The highest BCUT2D eigenvalue weighted by Gasteiger charge is 2.20. The highest BCUT2D eigenvalue weighted by molar-refractivity contribution is 8.00. The fourth-order valence-electron chi connectivity index (χ4n) is 2.30. The molecule has 29 heavy (non-hydrogen) atoms. The van der Waals surface area contributed by atoms with Gasteiger partial charge in [-0.1, -0.05) is 22.8 Å². The average molecular weight is 452 g/mol. The van der Waals surface area contributed by atoms with Crippen LogP contribution in [0.3, 0.4) is 0 Å². The first-order chi connectivity index (χ1) is 13.8. The van der Waals surface area contributed by atoms with Crippen molar-refractivity contribution in [2.45, 2.75) is 28.9 Å². The van der Waals surface area contributed by atoms with Crippen LogP contribution in [-0.2, 0) is 14.6 Å². The summed E-state index contributed by atoms with van der Waals surface area (Å²) in [7, 11) is -3.43. The number of carbonyl (C=O) groups excluding carboxylic acids is 1. The fraction of sp³-hybridized carbons (Fsp3) is 0.211. The van der Waals surface area contributed by atoms with Gasteiger partial charge in [0.2, 0.25) is 11.8 Å². The van der Waals surface area contributed by atoms with E-state index in [1.165, 1.54) is 23.9 Å². The maximum absolute atomic E-state index is 12.3. The van der Waals surface area contributed by atoms with Gasteiger partial charge in [0.15, 0.2) is 9.84 Å². The van der Waals surface area contributed by atoms with E-state index in [0.29, 0.717) is 10.6 Å². The summed E-state index contributed by atoms with van der Waals surface area (Å²) in [5.74, 6) is -0.0377. The van der Waals surface area contributed by atoms with Crippen molar-refractivity contribution in [3.63, 3.8) is 0 Å². The zero-order valence-electron chi connectivity index (χ0n) is 15.6. The number of benzene rings is 2. The summed E-state index contributed by atoms with van der Waals surface area (Å²) in [5, 5.41) is 10.3. The van der Waals surface area contributed by atoms with Gasteiger partial charge in [0.25, 0.3) is 0 Å². The van der Waals surface area contributed by atoms with E-state index in [1.54, 1.807) is 38.1 Å². The molecule has 7 nitrogen and oxygen atoms in total. The van der Waals surface area contributed by atoms with Crippen molar-refractivity contribution in [1.82, 2.24) is 10.2 Å². The minimum absolute atomic E-state index is 0.0566. The lowest BCUT2D eigenvalue weighted by Crippen LogP contribution is -2.14. The van der Waals surface area contributed by atoms with E-state index in [0.717, 1.165) is 4.90 Å². The van der Waals surface area contributed by atoms with Crippen molar-refractivity contribution in [2.24, 2.45) is 0 Å². The number of carbonyl (C=O) groups is 1. The molecule has 0 aliphatic heterocycles. The summed E-state index contributed by atoms with van der Waals surface area (Å²) in [6, 6.07) is 13.4. The number of anilines is 1. The van der Waals surface area contributed by atoms with E-state index in [2.05, 4.69) is 15.5 Å². The molecule has 3 rings (SSSR count). The number of amides is 1. The minimum Gasteiger partial charge on any atom is -0.403 e. The van der Waals surface area contributed by atoms with Crippen molar-refractivity contribution < 1.29 is 17.6 Å². The Bertz CT molecular complexity index is 1110. The van der Waals surface area contributed by atoms with Gasteiger partial charge in [-0.3, -0.25) is 10.1 Å². The van der Waals surface area contributed by atoms with Gasteiger partial charge >= 0.3 is 6.01 Å². The van der Waals surface area contributed by atoms with E-state index in [-0.39, 0.29) is 28.5 Å². The Hall–Kier alpha value is -2.36. The largest absolute Gasteiger partial charge is 0.403 e. The molecule has 0 fully saturated rings. The molecule has 0 unspecified atom stereocenters. The van der Waals surface area contributed by atoms with Gasteiger partial charge in [-0.2, -0.15) is 0 Å². The van der Waals surface area contributed by atoms with Crippen LogP contribution in [-0.4, -0.2) is 35.5 Å². The molecular weight excluding hydrogens is 434 g/mol. The molecule has 3 aromatic rings. The molecule has 0 saturated carbocycles. The third-order valence-corrected chi connectivity index (χ3v) is 7.30. The Morgan fingerprint density at radius 1 is 1.17 bits per heavy atom. The SMILES string of the molecule is CC(C)S(=O)(=O)c1cccc(-c2nnc(NC(=O)CSc3ccc(Cl)cc3)o2)c1. The number of aromatic nitrogens is 2. The van der Waals surface area contributed by atoms with Gasteiger partial charge < -0.3 is 4.42 Å². The number of hydrogen-bond acceptors (Lipinski definition) is 7. The molecule has 0 radical (unpaired) electrons. The topological polar surface area (TPSA) is 102 Å². The fourth-order valence-corrected chi connectivity index (χ4v) is 4.23. The van der Waals surface area contributed by atoms with Crippen molar-refractivity contribution >= 4 is 45.1 Å². The molecule has 0 bridgehead atoms. The van der Waals surface area contributed by atoms with Gasteiger partial charge in [-0.15, -0.1) is 16.9 Å². The van der Waals surface area contributed by atoms with Crippen molar-refractivity contribution in [3.8, 4) is 11.5 Å². The Morgan fingerprint density at radius 2 is 1.90 bits per heavy atom. The number of nitrogens with one attached hydrogen (secondary N) is 1. The van der Waals surface area contributed by atoms with E-state index < -0.39 is 15.1 Å². The standard InChI is InChI=1S/C19H18ClN3O4S2/c1-12(2)29(25,26)16-5-3-4-13(10-16)18-22-23-19(27-18)21-17(24)11-28-15-8-6-14(20)7-9-15/h3-10,12H,11H2,1-2H3,(H,21,23,24). The third-order valence-electron chi connectivity index (χ3n) is 3.89. The van der Waals surface area contributed by atoms with E-state index in [4.69, 9.17) is 16.0 Å². The van der Waals surface area contributed by atoms with Gasteiger partial charge in [0, 0.05) is 15.5 Å². The van der Waals surface area contributed by atoms with Crippen molar-refractivity contribution in [2.75, 3.05) is 11.1 Å². The third kappa shape index (κ3) is 5.37. The second-order valence-electron chi connectivity index (χ2n) is 6.32. The first kappa shape index (κ1) is 21.4. The molecule has 10 heteroatoms. The molecule has 0 spiro atoms. The summed E-state index contributed by atoms with van der Waals surface area (Å²) in [4.78, 5) is 13.2. The second-order valence-corrected chi connectivity index (χ2v) is 10.3. The summed E-state index contributed by atoms with van der Waals surface area (Å²) in [6.45, 7) is 3.23. The molecule has 1 heterocycles. The Morgan fingerprint density at radius 3 is 2.59 bits per heavy atom. The summed E-state index contributed by atoms with van der Waals surface area (Å²) in [5.41, 5.74) is 0.454. The summed E-state index contributed by atoms with van der Waals surface area (Å²) >= 11 is 7.17. The van der Waals surface area contributed by atoms with Crippen LogP contribution in [0.15, 0.2) is 62.7 Å². The number of thioether (sulfide) groups is 1. The molecule has 2 aromatic carbocycles. The number of halogens is 1. The quantitative estimate of drug-likeness (QED) is 0.534. The summed E-state index contributed by atoms with van der Waals surface area (Å²) in [6.07, 6.45) is 0. The highest BCUT2D eigenvalue weighted by Crippen LogP contribution is 2.25. The van der Waals surface area contributed by atoms with Crippen molar-refractivity contribution in [1.29, 1.82) is 0 Å². The predicted octanol–water partition coefficient (Wildman–Crippen LogP) is 4.30. The van der Waals surface area contributed by atoms with Crippen LogP contribution in [0, 0.1) is 0 Å². The maximum atomic E-state index is 12.3. The van der Waals surface area contributed by atoms with E-state index >= 15 is 0 Å². The number of rotatable bonds is 7. The molecule has 0 aliphatic rings. The first-order valence-electron chi connectivity index (χ1n) is 8.62. The van der Waals surface area contributed by atoms with Crippen molar-refractivity contribution in [3.05, 3.63) is 53.6 Å². The van der Waals surface area contributed by atoms with E-state index in [1.807, 2.05) is 12.1 Å². The molecule has 1 N–H and O–H groups in total. The van der Waals surface area contributed by atoms with E-state index in [9.17, 15) is 13.2 Å². The highest BCUT2D eigenvalue weighted by atomic mass is 35.5. The lowest BCUT2D eigenvalue weighted by Gasteiger charge is -2.08. The second kappa shape index (κ2) is 8.98. The molecule has 1 aromatic heterocycles. The molecule has 152 valence electrons. The Balaban J connectivity index is 1.66. The molecular formula is C19H18ClN3O4S2. The zero-order valence-corrected chi connectivity index (χ0v) is 18.0. The zero-order chi connectivity index (χ0) is 21.0. The summed E-state index contributed by atoms with van der Waals surface area (Å²) < 4.78 is 30.1. The van der Waals surface area contributed by atoms with Crippen LogP contribution < -0.4 is 5.32 Å². The lowest BCUT2D eigenvalue weighted by atomic mass is 10.2. The smallest absolute Gasteiger partial charge is 0.322 e. The van der Waals surface area contributed by atoms with Crippen LogP contribution in [0.2, 0.25) is 5.02 Å². The molecule has 0 atom stereocenters. The van der Waals surface area contributed by atoms with Crippen LogP contribution in [0.25, 0.3) is 11.5 Å². The Labute approximate surface area is 177 Å². The van der Waals surface area contributed by atoms with Gasteiger partial charge in [-0.05, 0) is 56.3 Å². The van der Waals surface area contributed by atoms with Gasteiger partial charge in [0.05, 0.1) is 15.9 Å². The van der Waals surface area contributed by atoms with Crippen LogP contribution in [0.4, 0.5) is 6.01 Å². The monoisotopic (exact) mass is 451 g/mol. The number of sulfone groups is 1. The number of nitrogens with zero attached hydrogens (tertiary/aromatic N) is 2. The molecule has 1 amide bonds. The molecule has 0 saturated heterocycles. The van der Waals surface area contributed by atoms with Crippen LogP contribution in [0.1, 0.15) is 13.8 Å².